The van der Waals surface area contributed by atoms with Gasteiger partial charge in [-0.2, -0.15) is 0 Å². The number of piperidine rings is 1. The van der Waals surface area contributed by atoms with Crippen molar-refractivity contribution in [1.29, 1.82) is 0 Å². The minimum Gasteiger partial charge on any atom is -0.351 e. The third kappa shape index (κ3) is 9.07. The Morgan fingerprint density at radius 3 is 2.22 bits per heavy atom. The van der Waals surface area contributed by atoms with E-state index in [9.17, 15) is 18.0 Å². The minimum absolute atomic E-state index is 0.00819. The lowest BCUT2D eigenvalue weighted by Gasteiger charge is -2.30. The average Bonchev–Trinajstić information content (AvgIpc) is 2.85. The van der Waals surface area contributed by atoms with Crippen LogP contribution in [0.2, 0.25) is 0 Å². The standard InChI is InChI=1S/C28H46N4O4S/c1-23(2)21-30-15-8-5-4-6-11-18-32(24(3)33)27-13-12-25(20-26(27)22-30)28(34)29-14-19-37(35,36)31-16-9-7-10-17-31/h12-13,20,23H,4-11,14-19,21-22H2,1-3H3,(H,29,34). The molecule has 0 bridgehead atoms. The van der Waals surface area contributed by atoms with Crippen molar-refractivity contribution in [1.82, 2.24) is 14.5 Å². The number of amides is 2. The van der Waals surface area contributed by atoms with Crippen LogP contribution in [-0.2, 0) is 21.4 Å². The summed E-state index contributed by atoms with van der Waals surface area (Å²) in [5.41, 5.74) is 2.32. The second kappa shape index (κ2) is 14.3. The Bertz CT molecular complexity index is 1010. The molecule has 0 atom stereocenters. The SMILES string of the molecule is CC(=O)N1CCCCCCCN(CC(C)C)Cc2cc(C(=O)NCCS(=O)(=O)N3CCCCC3)ccc21. The van der Waals surface area contributed by atoms with Crippen LogP contribution in [0.1, 0.15) is 88.1 Å². The van der Waals surface area contributed by atoms with Crippen molar-refractivity contribution >= 4 is 27.5 Å². The van der Waals surface area contributed by atoms with Gasteiger partial charge in [0.2, 0.25) is 15.9 Å². The fourth-order valence-corrected chi connectivity index (χ4v) is 6.79. The summed E-state index contributed by atoms with van der Waals surface area (Å²) in [6.07, 6.45) is 8.43. The Kier molecular flexibility index (Phi) is 11.4. The molecule has 0 radical (unpaired) electrons. The van der Waals surface area contributed by atoms with Gasteiger partial charge < -0.3 is 10.2 Å². The zero-order valence-electron chi connectivity index (χ0n) is 23.0. The van der Waals surface area contributed by atoms with E-state index in [1.54, 1.807) is 17.3 Å². The molecule has 2 amide bonds. The lowest BCUT2D eigenvalue weighted by molar-refractivity contribution is -0.116. The first-order chi connectivity index (χ1) is 17.7. The summed E-state index contributed by atoms with van der Waals surface area (Å²) in [6, 6.07) is 5.52. The van der Waals surface area contributed by atoms with E-state index in [4.69, 9.17) is 0 Å². The van der Waals surface area contributed by atoms with Crippen LogP contribution in [-0.4, -0.2) is 74.5 Å². The Morgan fingerprint density at radius 2 is 1.54 bits per heavy atom. The Hall–Kier alpha value is -1.97. The summed E-state index contributed by atoms with van der Waals surface area (Å²) in [7, 11) is -3.37. The summed E-state index contributed by atoms with van der Waals surface area (Å²) in [5, 5.41) is 2.81. The van der Waals surface area contributed by atoms with Gasteiger partial charge in [-0.25, -0.2) is 12.7 Å². The molecule has 3 rings (SSSR count). The van der Waals surface area contributed by atoms with Crippen molar-refractivity contribution in [2.45, 2.75) is 78.7 Å². The Labute approximate surface area is 223 Å². The number of nitrogens with one attached hydrogen (secondary N) is 1. The molecular formula is C28H46N4O4S. The van der Waals surface area contributed by atoms with Crippen molar-refractivity contribution in [2.75, 3.05) is 49.9 Å². The van der Waals surface area contributed by atoms with E-state index in [1.807, 2.05) is 17.0 Å². The van der Waals surface area contributed by atoms with Crippen LogP contribution in [0.5, 0.6) is 0 Å². The van der Waals surface area contributed by atoms with E-state index < -0.39 is 10.0 Å². The summed E-state index contributed by atoms with van der Waals surface area (Å²) in [6.45, 7) is 10.5. The molecule has 1 N–H and O–H groups in total. The molecular weight excluding hydrogens is 488 g/mol. The highest BCUT2D eigenvalue weighted by atomic mass is 32.2. The van der Waals surface area contributed by atoms with Gasteiger partial charge in [-0.1, -0.05) is 39.5 Å². The van der Waals surface area contributed by atoms with Gasteiger partial charge in [0, 0.05) is 57.4 Å². The van der Waals surface area contributed by atoms with Crippen molar-refractivity contribution in [3.05, 3.63) is 29.3 Å². The lowest BCUT2D eigenvalue weighted by atomic mass is 10.0. The number of carbonyl (C=O) groups is 2. The number of sulfonamides is 1. The molecule has 0 aromatic heterocycles. The van der Waals surface area contributed by atoms with Crippen molar-refractivity contribution < 1.29 is 18.0 Å². The van der Waals surface area contributed by atoms with Crippen molar-refractivity contribution in [3.8, 4) is 0 Å². The van der Waals surface area contributed by atoms with Gasteiger partial charge in [0.25, 0.3) is 5.91 Å². The highest BCUT2D eigenvalue weighted by molar-refractivity contribution is 7.89. The highest BCUT2D eigenvalue weighted by Gasteiger charge is 2.24. The predicted molar refractivity (Wildman–Crippen MR) is 149 cm³/mol. The van der Waals surface area contributed by atoms with Crippen LogP contribution in [0.15, 0.2) is 18.2 Å². The molecule has 0 saturated carbocycles. The van der Waals surface area contributed by atoms with Gasteiger partial charge in [0.1, 0.15) is 0 Å². The van der Waals surface area contributed by atoms with Gasteiger partial charge in [-0.3, -0.25) is 14.5 Å². The molecule has 2 aliphatic rings. The quantitative estimate of drug-likeness (QED) is 0.571. The number of fused-ring (bicyclic) bond motifs is 1. The van der Waals surface area contributed by atoms with Crippen molar-refractivity contribution in [2.24, 2.45) is 5.92 Å². The smallest absolute Gasteiger partial charge is 0.251 e. The molecule has 0 aliphatic carbocycles. The maximum atomic E-state index is 13.0. The van der Waals surface area contributed by atoms with Crippen LogP contribution in [0, 0.1) is 5.92 Å². The highest BCUT2D eigenvalue weighted by Crippen LogP contribution is 2.26. The Morgan fingerprint density at radius 1 is 0.919 bits per heavy atom. The van der Waals surface area contributed by atoms with E-state index in [-0.39, 0.29) is 24.1 Å². The third-order valence-corrected chi connectivity index (χ3v) is 9.11. The summed E-state index contributed by atoms with van der Waals surface area (Å²) in [5.74, 6) is 0.138. The van der Waals surface area contributed by atoms with E-state index in [1.165, 1.54) is 12.8 Å². The summed E-state index contributed by atoms with van der Waals surface area (Å²) >= 11 is 0. The summed E-state index contributed by atoms with van der Waals surface area (Å²) < 4.78 is 26.8. The molecule has 0 unspecified atom stereocenters. The third-order valence-electron chi connectivity index (χ3n) is 7.24. The fraction of sp³-hybridized carbons (Fsp3) is 0.714. The minimum atomic E-state index is -3.37. The Balaban J connectivity index is 1.78. The normalized spacial score (nSPS) is 19.1. The average molecular weight is 535 g/mol. The first-order valence-corrected chi connectivity index (χ1v) is 15.7. The van der Waals surface area contributed by atoms with Gasteiger partial charge in [0.15, 0.2) is 0 Å². The van der Waals surface area contributed by atoms with Crippen molar-refractivity contribution in [3.63, 3.8) is 0 Å². The van der Waals surface area contributed by atoms with Gasteiger partial charge >= 0.3 is 0 Å². The zero-order valence-corrected chi connectivity index (χ0v) is 23.8. The molecule has 8 nitrogen and oxygen atoms in total. The molecule has 9 heteroatoms. The number of hydrogen-bond acceptors (Lipinski definition) is 5. The number of benzene rings is 1. The van der Waals surface area contributed by atoms with E-state index >= 15 is 0 Å². The second-order valence-corrected chi connectivity index (χ2v) is 13.0. The molecule has 1 fully saturated rings. The first-order valence-electron chi connectivity index (χ1n) is 14.1. The lowest BCUT2D eigenvalue weighted by Crippen LogP contribution is -2.40. The van der Waals surface area contributed by atoms with Crippen LogP contribution in [0.4, 0.5) is 5.69 Å². The molecule has 37 heavy (non-hydrogen) atoms. The van der Waals surface area contributed by atoms with E-state index in [0.29, 0.717) is 37.7 Å². The molecule has 2 heterocycles. The van der Waals surface area contributed by atoms with Gasteiger partial charge in [-0.15, -0.1) is 0 Å². The number of hydrogen-bond donors (Lipinski definition) is 1. The van der Waals surface area contributed by atoms with Crippen LogP contribution in [0.25, 0.3) is 0 Å². The number of carbonyl (C=O) groups excluding carboxylic acids is 2. The molecule has 1 aromatic rings. The first kappa shape index (κ1) is 29.6. The van der Waals surface area contributed by atoms with Crippen LogP contribution >= 0.6 is 0 Å². The fourth-order valence-electron chi connectivity index (χ4n) is 5.36. The summed E-state index contributed by atoms with van der Waals surface area (Å²) in [4.78, 5) is 29.9. The maximum Gasteiger partial charge on any atom is 0.251 e. The molecule has 1 saturated heterocycles. The van der Waals surface area contributed by atoms with Gasteiger partial charge in [-0.05, 0) is 61.9 Å². The zero-order chi connectivity index (χ0) is 26.8. The van der Waals surface area contributed by atoms with Crippen LogP contribution < -0.4 is 10.2 Å². The van der Waals surface area contributed by atoms with Gasteiger partial charge in [0.05, 0.1) is 5.75 Å². The topological polar surface area (TPSA) is 90.0 Å². The van der Waals surface area contributed by atoms with Crippen LogP contribution in [0.3, 0.4) is 0 Å². The molecule has 2 aliphatic heterocycles. The monoisotopic (exact) mass is 534 g/mol. The second-order valence-electron chi connectivity index (χ2n) is 10.9. The predicted octanol–water partition coefficient (Wildman–Crippen LogP) is 4.01. The maximum absolute atomic E-state index is 13.0. The molecule has 0 spiro atoms. The number of anilines is 1. The van der Waals surface area contributed by atoms with E-state index in [2.05, 4.69) is 24.1 Å². The van der Waals surface area contributed by atoms with E-state index in [0.717, 1.165) is 62.9 Å². The molecule has 1 aromatic carbocycles. The number of rotatable bonds is 7. The largest absolute Gasteiger partial charge is 0.351 e. The number of nitrogens with zero attached hydrogens (tertiary/aromatic N) is 3. The molecule has 208 valence electrons.